The Hall–Kier alpha value is -3.34. The molecule has 1 saturated heterocycles. The molecule has 154 valence electrons. The average Bonchev–Trinajstić information content (AvgIpc) is 2.78. The first-order valence-corrected chi connectivity index (χ1v) is 10.4. The van der Waals surface area contributed by atoms with Gasteiger partial charge < -0.3 is 14.6 Å². The number of pyridine rings is 1. The van der Waals surface area contributed by atoms with Crippen molar-refractivity contribution in [2.45, 2.75) is 19.8 Å². The molecular weight excluding hydrogens is 376 g/mol. The first-order valence-electron chi connectivity index (χ1n) is 10.4. The highest BCUT2D eigenvalue weighted by atomic mass is 16.5. The van der Waals surface area contributed by atoms with Crippen LogP contribution in [0.15, 0.2) is 71.5 Å². The van der Waals surface area contributed by atoms with Crippen molar-refractivity contribution in [3.05, 3.63) is 88.2 Å². The second-order valence-electron chi connectivity index (χ2n) is 7.84. The number of nitrogens with one attached hydrogen (secondary N) is 1. The number of carbonyl (C=O) groups excluding carboxylic acids is 1. The highest BCUT2D eigenvalue weighted by Crippen LogP contribution is 2.21. The zero-order valence-corrected chi connectivity index (χ0v) is 17.1. The Morgan fingerprint density at radius 2 is 1.80 bits per heavy atom. The van der Waals surface area contributed by atoms with Crippen LogP contribution in [0.5, 0.6) is 5.75 Å². The van der Waals surface area contributed by atoms with E-state index in [-0.39, 0.29) is 17.0 Å². The highest BCUT2D eigenvalue weighted by molar-refractivity contribution is 5.94. The van der Waals surface area contributed by atoms with E-state index in [1.165, 1.54) is 0 Å². The normalized spacial score (nSPS) is 14.5. The molecule has 1 fully saturated rings. The number of rotatable bonds is 5. The predicted molar refractivity (Wildman–Crippen MR) is 118 cm³/mol. The third kappa shape index (κ3) is 4.62. The van der Waals surface area contributed by atoms with Gasteiger partial charge in [0.05, 0.1) is 6.61 Å². The number of benzene rings is 2. The summed E-state index contributed by atoms with van der Waals surface area (Å²) in [6.45, 7) is 3.94. The van der Waals surface area contributed by atoms with E-state index >= 15 is 0 Å². The van der Waals surface area contributed by atoms with Gasteiger partial charge in [-0.25, -0.2) is 0 Å². The fourth-order valence-corrected chi connectivity index (χ4v) is 3.83. The number of H-pyrrole nitrogens is 1. The summed E-state index contributed by atoms with van der Waals surface area (Å²) in [6.07, 6.45) is 1.75. The van der Waals surface area contributed by atoms with Gasteiger partial charge in [0.15, 0.2) is 0 Å². The number of likely N-dealkylation sites (tertiary alicyclic amines) is 1. The molecule has 0 aliphatic carbocycles. The minimum Gasteiger partial charge on any atom is -0.493 e. The standard InChI is InChI=1S/C25H26N2O3/c1-18-6-5-7-20(16-18)23-11-10-22(24(28)26-23)25(29)27-14-12-19(13-15-27)17-30-21-8-3-2-4-9-21/h2-11,16,19H,12-15,17H2,1H3,(H,26,28). The molecule has 5 nitrogen and oxygen atoms in total. The van der Waals surface area contributed by atoms with Gasteiger partial charge in [-0.15, -0.1) is 0 Å². The zero-order valence-electron chi connectivity index (χ0n) is 17.1. The van der Waals surface area contributed by atoms with E-state index in [2.05, 4.69) is 4.98 Å². The molecule has 0 bridgehead atoms. The fourth-order valence-electron chi connectivity index (χ4n) is 3.83. The number of carbonyl (C=O) groups is 1. The summed E-state index contributed by atoms with van der Waals surface area (Å²) in [5.41, 5.74) is 2.63. The number of amides is 1. The molecule has 4 rings (SSSR count). The second kappa shape index (κ2) is 8.99. The first kappa shape index (κ1) is 20.0. The number of ether oxygens (including phenoxy) is 1. The molecule has 30 heavy (non-hydrogen) atoms. The van der Waals surface area contributed by atoms with E-state index in [0.29, 0.717) is 25.6 Å². The van der Waals surface area contributed by atoms with Gasteiger partial charge in [-0.3, -0.25) is 9.59 Å². The summed E-state index contributed by atoms with van der Waals surface area (Å²) in [5, 5.41) is 0. The van der Waals surface area contributed by atoms with Gasteiger partial charge in [-0.05, 0) is 61.6 Å². The topological polar surface area (TPSA) is 62.4 Å². The molecule has 5 heteroatoms. The molecule has 0 radical (unpaired) electrons. The van der Waals surface area contributed by atoms with Crippen molar-refractivity contribution in [1.82, 2.24) is 9.88 Å². The van der Waals surface area contributed by atoms with Crippen LogP contribution in [0.25, 0.3) is 11.3 Å². The Bertz CT molecular complexity index is 1070. The third-order valence-electron chi connectivity index (χ3n) is 5.60. The Morgan fingerprint density at radius 1 is 1.03 bits per heavy atom. The molecule has 3 aromatic rings. The SMILES string of the molecule is Cc1cccc(-c2ccc(C(=O)N3CCC(COc4ccccc4)CC3)c(=O)[nH]2)c1. The van der Waals surface area contributed by atoms with Crippen LogP contribution in [-0.2, 0) is 0 Å². The van der Waals surface area contributed by atoms with Crippen molar-refractivity contribution in [2.75, 3.05) is 19.7 Å². The summed E-state index contributed by atoms with van der Waals surface area (Å²) in [7, 11) is 0. The fraction of sp³-hybridized carbons (Fsp3) is 0.280. The Labute approximate surface area is 176 Å². The van der Waals surface area contributed by atoms with Crippen molar-refractivity contribution in [3.8, 4) is 17.0 Å². The number of nitrogens with zero attached hydrogens (tertiary/aromatic N) is 1. The van der Waals surface area contributed by atoms with Crippen LogP contribution < -0.4 is 10.3 Å². The number of aryl methyl sites for hydroxylation is 1. The summed E-state index contributed by atoms with van der Waals surface area (Å²) >= 11 is 0. The molecule has 0 spiro atoms. The maximum absolute atomic E-state index is 12.9. The molecule has 0 atom stereocenters. The number of hydrogen-bond acceptors (Lipinski definition) is 3. The lowest BCUT2D eigenvalue weighted by molar-refractivity contribution is 0.0659. The number of para-hydroxylation sites is 1. The van der Waals surface area contributed by atoms with Crippen molar-refractivity contribution in [1.29, 1.82) is 0 Å². The predicted octanol–water partition coefficient (Wildman–Crippen LogP) is 4.28. The molecule has 0 saturated carbocycles. The zero-order chi connectivity index (χ0) is 20.9. The van der Waals surface area contributed by atoms with Gasteiger partial charge in [0.1, 0.15) is 11.3 Å². The molecule has 1 N–H and O–H groups in total. The molecule has 1 aromatic heterocycles. The summed E-state index contributed by atoms with van der Waals surface area (Å²) in [4.78, 5) is 30.1. The van der Waals surface area contributed by atoms with E-state index in [1.807, 2.05) is 67.6 Å². The molecule has 2 aromatic carbocycles. The molecular formula is C25H26N2O3. The van der Waals surface area contributed by atoms with Crippen LogP contribution in [-0.4, -0.2) is 35.5 Å². The van der Waals surface area contributed by atoms with Crippen molar-refractivity contribution < 1.29 is 9.53 Å². The molecule has 1 aliphatic heterocycles. The lowest BCUT2D eigenvalue weighted by Crippen LogP contribution is -2.41. The van der Waals surface area contributed by atoms with Gasteiger partial charge in [-0.1, -0.05) is 42.0 Å². The van der Waals surface area contributed by atoms with Crippen molar-refractivity contribution >= 4 is 5.91 Å². The van der Waals surface area contributed by atoms with Gasteiger partial charge in [0.25, 0.3) is 11.5 Å². The smallest absolute Gasteiger partial charge is 0.261 e. The van der Waals surface area contributed by atoms with Crippen LogP contribution in [0, 0.1) is 12.8 Å². The van der Waals surface area contributed by atoms with E-state index < -0.39 is 0 Å². The van der Waals surface area contributed by atoms with Crippen molar-refractivity contribution in [3.63, 3.8) is 0 Å². The molecule has 0 unspecified atom stereocenters. The third-order valence-corrected chi connectivity index (χ3v) is 5.60. The molecule has 1 amide bonds. The quantitative estimate of drug-likeness (QED) is 0.693. The lowest BCUT2D eigenvalue weighted by atomic mass is 9.97. The number of aromatic amines is 1. The number of piperidine rings is 1. The van der Waals surface area contributed by atoms with E-state index in [4.69, 9.17) is 4.74 Å². The van der Waals surface area contributed by atoms with Crippen LogP contribution in [0.3, 0.4) is 0 Å². The lowest BCUT2D eigenvalue weighted by Gasteiger charge is -2.31. The van der Waals surface area contributed by atoms with E-state index in [9.17, 15) is 9.59 Å². The average molecular weight is 402 g/mol. The maximum Gasteiger partial charge on any atom is 0.261 e. The minimum atomic E-state index is -0.339. The van der Waals surface area contributed by atoms with Gasteiger partial charge in [-0.2, -0.15) is 0 Å². The molecule has 2 heterocycles. The largest absolute Gasteiger partial charge is 0.493 e. The minimum absolute atomic E-state index is 0.199. The number of hydrogen-bond donors (Lipinski definition) is 1. The number of aromatic nitrogens is 1. The first-order chi connectivity index (χ1) is 14.6. The summed E-state index contributed by atoms with van der Waals surface area (Å²) in [5.74, 6) is 1.09. The maximum atomic E-state index is 12.9. The van der Waals surface area contributed by atoms with Gasteiger partial charge in [0.2, 0.25) is 0 Å². The molecule has 1 aliphatic rings. The van der Waals surface area contributed by atoms with Crippen LogP contribution in [0.1, 0.15) is 28.8 Å². The van der Waals surface area contributed by atoms with Gasteiger partial charge in [0, 0.05) is 18.8 Å². The van der Waals surface area contributed by atoms with Crippen LogP contribution in [0.2, 0.25) is 0 Å². The van der Waals surface area contributed by atoms with Crippen LogP contribution in [0.4, 0.5) is 0 Å². The second-order valence-corrected chi connectivity index (χ2v) is 7.84. The Kier molecular flexibility index (Phi) is 5.98. The van der Waals surface area contributed by atoms with Gasteiger partial charge >= 0.3 is 0 Å². The Morgan fingerprint density at radius 3 is 2.50 bits per heavy atom. The van der Waals surface area contributed by atoms with Crippen LogP contribution >= 0.6 is 0 Å². The Balaban J connectivity index is 1.36. The monoisotopic (exact) mass is 402 g/mol. The van der Waals surface area contributed by atoms with Crippen molar-refractivity contribution in [2.24, 2.45) is 5.92 Å². The summed E-state index contributed by atoms with van der Waals surface area (Å²) in [6, 6.07) is 21.1. The van der Waals surface area contributed by atoms with E-state index in [1.54, 1.807) is 11.0 Å². The highest BCUT2D eigenvalue weighted by Gasteiger charge is 2.25. The van der Waals surface area contributed by atoms with E-state index in [0.717, 1.165) is 35.4 Å². The summed E-state index contributed by atoms with van der Waals surface area (Å²) < 4.78 is 5.85.